The van der Waals surface area contributed by atoms with Crippen LogP contribution in [-0.4, -0.2) is 9.55 Å². The van der Waals surface area contributed by atoms with Crippen LogP contribution in [0.4, 0.5) is 0 Å². The molecule has 0 atom stereocenters. The van der Waals surface area contributed by atoms with Crippen molar-refractivity contribution in [1.82, 2.24) is 9.55 Å². The molecule has 1 aromatic heterocycles. The quantitative estimate of drug-likeness (QED) is 0.325. The van der Waals surface area contributed by atoms with Gasteiger partial charge in [0.15, 0.2) is 0 Å². The summed E-state index contributed by atoms with van der Waals surface area (Å²) in [7, 11) is 9.87. The van der Waals surface area contributed by atoms with Crippen molar-refractivity contribution in [2.45, 2.75) is 13.8 Å². The van der Waals surface area contributed by atoms with Crippen molar-refractivity contribution in [3.63, 3.8) is 0 Å². The van der Waals surface area contributed by atoms with Crippen molar-refractivity contribution < 1.29 is 20.8 Å². The van der Waals surface area contributed by atoms with Crippen LogP contribution in [0.3, 0.4) is 0 Å². The van der Waals surface area contributed by atoms with E-state index in [-0.39, 0.29) is 0 Å². The SMILES string of the molecule is Cc1ccc(-c2cc(-n3ccnc3)c3cc(C)[cH-]c3c2)cc1.[Cl][Zr][Cl]. The molecular formula is C20H17Cl2N2Zr-. The second-order valence-electron chi connectivity index (χ2n) is 5.94. The number of benzene rings is 2. The van der Waals surface area contributed by atoms with E-state index in [0.717, 1.165) is 0 Å². The van der Waals surface area contributed by atoms with E-state index in [0.29, 0.717) is 0 Å². The van der Waals surface area contributed by atoms with Gasteiger partial charge in [0.1, 0.15) is 0 Å². The van der Waals surface area contributed by atoms with E-state index >= 15 is 0 Å². The van der Waals surface area contributed by atoms with Gasteiger partial charge in [-0.15, -0.1) is 28.5 Å². The summed E-state index contributed by atoms with van der Waals surface area (Å²) in [4.78, 5) is 4.19. The number of rotatable bonds is 2. The minimum absolute atomic E-state index is 0.826. The molecule has 0 aliphatic heterocycles. The van der Waals surface area contributed by atoms with Gasteiger partial charge in [-0.3, -0.25) is 0 Å². The van der Waals surface area contributed by atoms with Crippen molar-refractivity contribution in [3.8, 4) is 16.8 Å². The molecule has 3 aromatic carbocycles. The zero-order valence-corrected chi connectivity index (χ0v) is 18.0. The number of aryl methyl sites for hydroxylation is 2. The molecule has 4 aromatic rings. The fourth-order valence-corrected chi connectivity index (χ4v) is 2.98. The molecule has 0 aliphatic carbocycles. The molecule has 0 saturated carbocycles. The van der Waals surface area contributed by atoms with Crippen molar-refractivity contribution in [1.29, 1.82) is 0 Å². The number of imidazole rings is 1. The molecule has 0 unspecified atom stereocenters. The summed E-state index contributed by atoms with van der Waals surface area (Å²) < 4.78 is 2.08. The third kappa shape index (κ3) is 4.28. The molecule has 0 spiro atoms. The average molecular weight is 448 g/mol. The summed E-state index contributed by atoms with van der Waals surface area (Å²) in [6, 6.07) is 17.7. The predicted molar refractivity (Wildman–Crippen MR) is 103 cm³/mol. The Morgan fingerprint density at radius 3 is 2.36 bits per heavy atom. The molecule has 126 valence electrons. The molecule has 1 heterocycles. The van der Waals surface area contributed by atoms with Gasteiger partial charge < -0.3 is 4.57 Å². The number of halogens is 2. The van der Waals surface area contributed by atoms with Gasteiger partial charge in [-0.2, -0.15) is 6.07 Å². The predicted octanol–water partition coefficient (Wildman–Crippen LogP) is 6.40. The fourth-order valence-electron chi connectivity index (χ4n) is 2.98. The van der Waals surface area contributed by atoms with Gasteiger partial charge in [0.2, 0.25) is 0 Å². The third-order valence-electron chi connectivity index (χ3n) is 4.11. The Morgan fingerprint density at radius 1 is 1.00 bits per heavy atom. The topological polar surface area (TPSA) is 17.8 Å². The molecule has 0 saturated heterocycles. The zero-order valence-electron chi connectivity index (χ0n) is 14.0. The molecule has 0 radical (unpaired) electrons. The second-order valence-corrected chi connectivity index (χ2v) is 9.67. The van der Waals surface area contributed by atoms with Crippen LogP contribution < -0.4 is 0 Å². The van der Waals surface area contributed by atoms with Crippen LogP contribution >= 0.6 is 17.0 Å². The van der Waals surface area contributed by atoms with Crippen molar-refractivity contribution in [3.05, 3.63) is 78.4 Å². The van der Waals surface area contributed by atoms with E-state index in [2.05, 4.69) is 71.9 Å². The Morgan fingerprint density at radius 2 is 1.72 bits per heavy atom. The van der Waals surface area contributed by atoms with Gasteiger partial charge in [0.25, 0.3) is 0 Å². The molecule has 5 heteroatoms. The Balaban J connectivity index is 0.000000569. The first-order chi connectivity index (χ1) is 12.1. The Bertz CT molecular complexity index is 957. The van der Waals surface area contributed by atoms with Crippen LogP contribution in [0.5, 0.6) is 0 Å². The standard InChI is InChI=1S/C20H17N2.2ClH.Zr/c1-14-3-5-16(6-4-14)17-11-18-9-15(2)10-19(18)20(12-17)22-8-7-21-13-22;;;/h3-13H,1-2H3;2*1H;/q-1;;;+2/p-2. The van der Waals surface area contributed by atoms with E-state index in [9.17, 15) is 0 Å². The number of fused-ring (bicyclic) bond motifs is 1. The van der Waals surface area contributed by atoms with Gasteiger partial charge in [-0.25, -0.2) is 4.98 Å². The van der Waals surface area contributed by atoms with Gasteiger partial charge in [-0.1, -0.05) is 42.3 Å². The summed E-state index contributed by atoms with van der Waals surface area (Å²) in [6.07, 6.45) is 5.67. The van der Waals surface area contributed by atoms with E-state index in [1.165, 1.54) is 38.7 Å². The molecule has 2 nitrogen and oxygen atoms in total. The number of nitrogens with zero attached hydrogens (tertiary/aromatic N) is 2. The monoisotopic (exact) mass is 445 g/mol. The molecule has 0 fully saturated rings. The normalized spacial score (nSPS) is 10.4. The molecular weight excluding hydrogens is 430 g/mol. The number of aromatic nitrogens is 2. The summed E-state index contributed by atoms with van der Waals surface area (Å²) in [6.45, 7) is 4.26. The van der Waals surface area contributed by atoms with E-state index < -0.39 is 20.8 Å². The Kier molecular flexibility index (Phi) is 6.22. The minimum atomic E-state index is -0.826. The molecule has 0 aliphatic rings. The van der Waals surface area contributed by atoms with Crippen molar-refractivity contribution in [2.24, 2.45) is 0 Å². The summed E-state index contributed by atoms with van der Waals surface area (Å²) in [5.74, 6) is 0. The van der Waals surface area contributed by atoms with Crippen LogP contribution in [0.15, 0.2) is 67.3 Å². The van der Waals surface area contributed by atoms with Crippen LogP contribution in [0.2, 0.25) is 0 Å². The summed E-state index contributed by atoms with van der Waals surface area (Å²) in [5.41, 5.74) is 6.23. The van der Waals surface area contributed by atoms with Crippen LogP contribution in [0.25, 0.3) is 27.6 Å². The molecule has 4 rings (SSSR count). The van der Waals surface area contributed by atoms with Gasteiger partial charge >= 0.3 is 37.9 Å². The van der Waals surface area contributed by atoms with Gasteiger partial charge in [0.05, 0.1) is 6.33 Å². The van der Waals surface area contributed by atoms with Gasteiger partial charge in [-0.05, 0) is 18.6 Å². The number of hydrogen-bond donors (Lipinski definition) is 0. The fraction of sp³-hybridized carbons (Fsp3) is 0.100. The zero-order chi connectivity index (χ0) is 17.8. The average Bonchev–Trinajstić information content (AvgIpc) is 3.23. The van der Waals surface area contributed by atoms with Crippen LogP contribution in [0.1, 0.15) is 11.1 Å². The van der Waals surface area contributed by atoms with E-state index in [4.69, 9.17) is 17.0 Å². The molecule has 25 heavy (non-hydrogen) atoms. The molecule has 0 amide bonds. The van der Waals surface area contributed by atoms with E-state index in [1.807, 2.05) is 18.7 Å². The Hall–Kier alpha value is -1.28. The maximum absolute atomic E-state index is 4.93. The molecule has 0 N–H and O–H groups in total. The third-order valence-corrected chi connectivity index (χ3v) is 4.11. The first-order valence-electron chi connectivity index (χ1n) is 7.85. The van der Waals surface area contributed by atoms with Gasteiger partial charge in [0, 0.05) is 18.1 Å². The van der Waals surface area contributed by atoms with E-state index in [1.54, 1.807) is 0 Å². The molecule has 0 bridgehead atoms. The number of hydrogen-bond acceptors (Lipinski definition) is 1. The summed E-state index contributed by atoms with van der Waals surface area (Å²) >= 11 is -0.826. The summed E-state index contributed by atoms with van der Waals surface area (Å²) in [5, 5.41) is 2.55. The first-order valence-corrected chi connectivity index (χ1v) is 14.2. The van der Waals surface area contributed by atoms with Crippen molar-refractivity contribution in [2.75, 3.05) is 0 Å². The maximum atomic E-state index is 4.93. The van der Waals surface area contributed by atoms with Crippen LogP contribution in [0, 0.1) is 13.8 Å². The van der Waals surface area contributed by atoms with Crippen molar-refractivity contribution >= 4 is 27.8 Å². The van der Waals surface area contributed by atoms with Crippen LogP contribution in [-0.2, 0) is 20.8 Å². The Labute approximate surface area is 166 Å². The first kappa shape index (κ1) is 18.5. The second kappa shape index (κ2) is 8.40.